The monoisotopic (exact) mass is 221 g/mol. The second kappa shape index (κ2) is 5.08. The van der Waals surface area contributed by atoms with Gasteiger partial charge in [-0.1, -0.05) is 32.1 Å². The molecule has 0 aromatic rings. The van der Waals surface area contributed by atoms with Crippen molar-refractivity contribution in [1.29, 1.82) is 0 Å². The first-order valence-corrected chi connectivity index (χ1v) is 7.65. The van der Waals surface area contributed by atoms with Crippen molar-refractivity contribution in [2.45, 2.75) is 70.3 Å². The molecule has 0 aromatic carbocycles. The highest BCUT2D eigenvalue weighted by Gasteiger charge is 2.39. The zero-order valence-electron chi connectivity index (χ0n) is 10.6. The summed E-state index contributed by atoms with van der Waals surface area (Å²) in [5.74, 6) is 3.15. The van der Waals surface area contributed by atoms with Gasteiger partial charge in [-0.15, -0.1) is 0 Å². The SMILES string of the molecule is C1CCCC(CNC2CC3CCC2C3)CC1. The predicted molar refractivity (Wildman–Crippen MR) is 68.4 cm³/mol. The fraction of sp³-hybridized carbons (Fsp3) is 1.00. The van der Waals surface area contributed by atoms with Crippen molar-refractivity contribution in [3.05, 3.63) is 0 Å². The molecular weight excluding hydrogens is 194 g/mol. The Hall–Kier alpha value is -0.0400. The van der Waals surface area contributed by atoms with Gasteiger partial charge in [0, 0.05) is 6.04 Å². The minimum absolute atomic E-state index is 0.905. The van der Waals surface area contributed by atoms with Gasteiger partial charge in [0.1, 0.15) is 0 Å². The van der Waals surface area contributed by atoms with Gasteiger partial charge in [0.15, 0.2) is 0 Å². The van der Waals surface area contributed by atoms with Gasteiger partial charge in [-0.25, -0.2) is 0 Å². The van der Waals surface area contributed by atoms with Crippen LogP contribution >= 0.6 is 0 Å². The predicted octanol–water partition coefficient (Wildman–Crippen LogP) is 3.74. The Morgan fingerprint density at radius 2 is 1.62 bits per heavy atom. The van der Waals surface area contributed by atoms with Crippen molar-refractivity contribution in [2.24, 2.45) is 17.8 Å². The first-order valence-electron chi connectivity index (χ1n) is 7.65. The highest BCUT2D eigenvalue weighted by Crippen LogP contribution is 2.44. The van der Waals surface area contributed by atoms with Crippen molar-refractivity contribution >= 4 is 0 Å². The van der Waals surface area contributed by atoms with Crippen LogP contribution in [0.25, 0.3) is 0 Å². The standard InChI is InChI=1S/C15H27N/c1-2-4-6-12(5-3-1)11-16-15-10-13-7-8-14(15)9-13/h12-16H,1-11H2. The molecule has 0 spiro atoms. The van der Waals surface area contributed by atoms with Crippen LogP contribution in [-0.4, -0.2) is 12.6 Å². The van der Waals surface area contributed by atoms with Gasteiger partial charge < -0.3 is 5.32 Å². The average Bonchev–Trinajstić information content (AvgIpc) is 2.82. The molecule has 92 valence electrons. The van der Waals surface area contributed by atoms with Gasteiger partial charge in [-0.3, -0.25) is 0 Å². The summed E-state index contributed by atoms with van der Waals surface area (Å²) in [6, 6.07) is 0.905. The van der Waals surface area contributed by atoms with E-state index in [0.717, 1.165) is 23.8 Å². The minimum atomic E-state index is 0.905. The van der Waals surface area contributed by atoms with Crippen molar-refractivity contribution < 1.29 is 0 Å². The lowest BCUT2D eigenvalue weighted by Crippen LogP contribution is -2.37. The van der Waals surface area contributed by atoms with Gasteiger partial charge in [-0.05, 0) is 56.4 Å². The molecule has 3 atom stereocenters. The average molecular weight is 221 g/mol. The summed E-state index contributed by atoms with van der Waals surface area (Å²) in [6.45, 7) is 1.33. The number of hydrogen-bond donors (Lipinski definition) is 1. The van der Waals surface area contributed by atoms with E-state index in [-0.39, 0.29) is 0 Å². The van der Waals surface area contributed by atoms with Crippen LogP contribution in [0.15, 0.2) is 0 Å². The summed E-state index contributed by atoms with van der Waals surface area (Å²) in [5, 5.41) is 3.91. The molecular formula is C15H27N. The van der Waals surface area contributed by atoms with E-state index >= 15 is 0 Å². The third-order valence-corrected chi connectivity index (χ3v) is 5.38. The molecule has 3 aliphatic carbocycles. The van der Waals surface area contributed by atoms with E-state index in [1.54, 1.807) is 6.42 Å². The Morgan fingerprint density at radius 3 is 2.25 bits per heavy atom. The van der Waals surface area contributed by atoms with Crippen molar-refractivity contribution in [1.82, 2.24) is 5.32 Å². The lowest BCUT2D eigenvalue weighted by molar-refractivity contribution is 0.317. The van der Waals surface area contributed by atoms with Gasteiger partial charge in [0.25, 0.3) is 0 Å². The van der Waals surface area contributed by atoms with Crippen molar-refractivity contribution in [3.63, 3.8) is 0 Å². The fourth-order valence-corrected chi connectivity index (χ4v) is 4.38. The van der Waals surface area contributed by atoms with Crippen molar-refractivity contribution in [2.75, 3.05) is 6.54 Å². The van der Waals surface area contributed by atoms with Crippen LogP contribution in [0.2, 0.25) is 0 Å². The molecule has 1 N–H and O–H groups in total. The summed E-state index contributed by atoms with van der Waals surface area (Å²) in [6.07, 6.45) is 15.0. The Labute approximate surface area is 100 Å². The summed E-state index contributed by atoms with van der Waals surface area (Å²) in [5.41, 5.74) is 0. The molecule has 0 heterocycles. The molecule has 2 bridgehead atoms. The number of rotatable bonds is 3. The summed E-state index contributed by atoms with van der Waals surface area (Å²) in [7, 11) is 0. The van der Waals surface area contributed by atoms with E-state index in [2.05, 4.69) is 5.32 Å². The highest BCUT2D eigenvalue weighted by atomic mass is 14.9. The summed E-state index contributed by atoms with van der Waals surface area (Å²) in [4.78, 5) is 0. The zero-order valence-corrected chi connectivity index (χ0v) is 10.6. The van der Waals surface area contributed by atoms with Crippen LogP contribution in [0, 0.1) is 17.8 Å². The van der Waals surface area contributed by atoms with Crippen LogP contribution in [0.3, 0.4) is 0 Å². The Kier molecular flexibility index (Phi) is 3.51. The number of hydrogen-bond acceptors (Lipinski definition) is 1. The molecule has 0 saturated heterocycles. The molecule has 0 aromatic heterocycles. The normalized spacial score (nSPS) is 40.1. The maximum absolute atomic E-state index is 3.91. The second-order valence-corrected chi connectivity index (χ2v) is 6.55. The number of fused-ring (bicyclic) bond motifs is 2. The van der Waals surface area contributed by atoms with Crippen molar-refractivity contribution in [3.8, 4) is 0 Å². The molecule has 16 heavy (non-hydrogen) atoms. The van der Waals surface area contributed by atoms with Crippen LogP contribution in [0.1, 0.15) is 64.2 Å². The molecule has 0 aliphatic heterocycles. The summed E-state index contributed by atoms with van der Waals surface area (Å²) < 4.78 is 0. The molecule has 3 rings (SSSR count). The Balaban J connectivity index is 1.42. The van der Waals surface area contributed by atoms with E-state index in [9.17, 15) is 0 Å². The smallest absolute Gasteiger partial charge is 0.00981 e. The van der Waals surface area contributed by atoms with Crippen LogP contribution in [0.4, 0.5) is 0 Å². The first kappa shape index (κ1) is 11.1. The topological polar surface area (TPSA) is 12.0 Å². The highest BCUT2D eigenvalue weighted by molar-refractivity contribution is 4.94. The molecule has 3 aliphatic rings. The molecule has 3 fully saturated rings. The lowest BCUT2D eigenvalue weighted by atomic mass is 9.94. The molecule has 0 radical (unpaired) electrons. The van der Waals surface area contributed by atoms with Gasteiger partial charge in [0.05, 0.1) is 0 Å². The van der Waals surface area contributed by atoms with Crippen LogP contribution in [-0.2, 0) is 0 Å². The van der Waals surface area contributed by atoms with E-state index in [4.69, 9.17) is 0 Å². The third-order valence-electron chi connectivity index (χ3n) is 5.38. The summed E-state index contributed by atoms with van der Waals surface area (Å²) >= 11 is 0. The zero-order chi connectivity index (χ0) is 10.8. The Bertz CT molecular complexity index is 217. The second-order valence-electron chi connectivity index (χ2n) is 6.55. The van der Waals surface area contributed by atoms with Gasteiger partial charge in [-0.2, -0.15) is 0 Å². The van der Waals surface area contributed by atoms with E-state index in [1.165, 1.54) is 64.3 Å². The molecule has 3 saturated carbocycles. The maximum Gasteiger partial charge on any atom is 0.00981 e. The lowest BCUT2D eigenvalue weighted by Gasteiger charge is -2.25. The maximum atomic E-state index is 3.91. The fourth-order valence-electron chi connectivity index (χ4n) is 4.38. The first-order chi connectivity index (χ1) is 7.92. The minimum Gasteiger partial charge on any atom is -0.313 e. The third kappa shape index (κ3) is 2.45. The van der Waals surface area contributed by atoms with Crippen LogP contribution in [0.5, 0.6) is 0 Å². The molecule has 3 unspecified atom stereocenters. The Morgan fingerprint density at radius 1 is 0.812 bits per heavy atom. The van der Waals surface area contributed by atoms with E-state index < -0.39 is 0 Å². The quantitative estimate of drug-likeness (QED) is 0.716. The number of nitrogens with one attached hydrogen (secondary N) is 1. The largest absolute Gasteiger partial charge is 0.313 e. The van der Waals surface area contributed by atoms with Gasteiger partial charge >= 0.3 is 0 Å². The van der Waals surface area contributed by atoms with Gasteiger partial charge in [0.2, 0.25) is 0 Å². The molecule has 1 heteroatoms. The molecule has 0 amide bonds. The molecule has 1 nitrogen and oxygen atoms in total. The van der Waals surface area contributed by atoms with E-state index in [1.807, 2.05) is 0 Å². The van der Waals surface area contributed by atoms with Crippen LogP contribution < -0.4 is 5.32 Å². The van der Waals surface area contributed by atoms with E-state index in [0.29, 0.717) is 0 Å².